The molecule has 92 valence electrons. The van der Waals surface area contributed by atoms with E-state index in [0.29, 0.717) is 6.04 Å². The number of nitrogens with two attached hydrogens (primary N) is 1. The third kappa shape index (κ3) is 2.22. The van der Waals surface area contributed by atoms with Gasteiger partial charge in [-0.1, -0.05) is 29.8 Å². The summed E-state index contributed by atoms with van der Waals surface area (Å²) >= 11 is 6.20. The largest absolute Gasteiger partial charge is 0.327 e. The van der Waals surface area contributed by atoms with Gasteiger partial charge in [-0.2, -0.15) is 0 Å². The molecule has 0 spiro atoms. The fourth-order valence-electron chi connectivity index (χ4n) is 3.40. The van der Waals surface area contributed by atoms with Crippen molar-refractivity contribution in [3.63, 3.8) is 0 Å². The number of rotatable bonds is 2. The lowest BCUT2D eigenvalue weighted by molar-refractivity contribution is 0.298. The fourth-order valence-corrected chi connectivity index (χ4v) is 3.59. The maximum absolute atomic E-state index is 6.20. The minimum absolute atomic E-state index is 0.427. The minimum atomic E-state index is 0.427. The number of benzene rings is 1. The molecule has 1 aromatic rings. The molecule has 2 N–H and O–H groups in total. The summed E-state index contributed by atoms with van der Waals surface area (Å²) in [7, 11) is 0. The Labute approximate surface area is 108 Å². The van der Waals surface area contributed by atoms with Gasteiger partial charge in [-0.3, -0.25) is 4.90 Å². The van der Waals surface area contributed by atoms with Crippen molar-refractivity contribution >= 4 is 11.6 Å². The van der Waals surface area contributed by atoms with E-state index in [4.69, 9.17) is 17.3 Å². The highest BCUT2D eigenvalue weighted by molar-refractivity contribution is 6.31. The highest BCUT2D eigenvalue weighted by Gasteiger charge is 2.40. The van der Waals surface area contributed by atoms with Crippen molar-refractivity contribution in [3.8, 4) is 0 Å². The van der Waals surface area contributed by atoms with Gasteiger partial charge in [-0.25, -0.2) is 0 Å². The van der Waals surface area contributed by atoms with Crippen molar-refractivity contribution in [3.05, 3.63) is 34.9 Å². The van der Waals surface area contributed by atoms with Crippen molar-refractivity contribution < 1.29 is 0 Å². The van der Waals surface area contributed by atoms with Crippen molar-refractivity contribution in [2.24, 2.45) is 17.6 Å². The highest BCUT2D eigenvalue weighted by Crippen LogP contribution is 2.37. The molecule has 3 atom stereocenters. The molecule has 1 aliphatic heterocycles. The van der Waals surface area contributed by atoms with Crippen LogP contribution in [0.1, 0.15) is 18.4 Å². The normalized spacial score (nSPS) is 32.9. The standard InChI is InChI=1S/C14H19ClN2/c15-13-4-2-1-3-11(13)8-17-7-10-5-6-14(16)12(10)9-17/h1-4,10,12,14H,5-9,16H2. The molecule has 1 saturated heterocycles. The summed E-state index contributed by atoms with van der Waals surface area (Å²) < 4.78 is 0. The van der Waals surface area contributed by atoms with Gasteiger partial charge in [0, 0.05) is 30.7 Å². The van der Waals surface area contributed by atoms with Gasteiger partial charge >= 0.3 is 0 Å². The molecule has 0 radical (unpaired) electrons. The Morgan fingerprint density at radius 3 is 2.82 bits per heavy atom. The van der Waals surface area contributed by atoms with Gasteiger partial charge < -0.3 is 5.73 Å². The van der Waals surface area contributed by atoms with Gasteiger partial charge in [-0.15, -0.1) is 0 Å². The van der Waals surface area contributed by atoms with Crippen LogP contribution in [0.4, 0.5) is 0 Å². The van der Waals surface area contributed by atoms with E-state index in [1.165, 1.54) is 24.9 Å². The van der Waals surface area contributed by atoms with E-state index in [0.717, 1.165) is 29.9 Å². The Balaban J connectivity index is 1.67. The molecule has 1 heterocycles. The first-order valence-electron chi connectivity index (χ1n) is 6.45. The number of fused-ring (bicyclic) bond motifs is 1. The van der Waals surface area contributed by atoms with Crippen molar-refractivity contribution in [1.82, 2.24) is 4.90 Å². The Kier molecular flexibility index (Phi) is 3.12. The average Bonchev–Trinajstić information content (AvgIpc) is 2.85. The first-order chi connectivity index (χ1) is 8.24. The van der Waals surface area contributed by atoms with E-state index in [-0.39, 0.29) is 0 Å². The molecular formula is C14H19ClN2. The fraction of sp³-hybridized carbons (Fsp3) is 0.571. The predicted octanol–water partition coefficient (Wildman–Crippen LogP) is 2.51. The minimum Gasteiger partial charge on any atom is -0.327 e. The van der Waals surface area contributed by atoms with Crippen LogP contribution in [0.15, 0.2) is 24.3 Å². The molecule has 0 amide bonds. The first kappa shape index (κ1) is 11.5. The second-order valence-electron chi connectivity index (χ2n) is 5.45. The smallest absolute Gasteiger partial charge is 0.0451 e. The third-order valence-electron chi connectivity index (χ3n) is 4.34. The Morgan fingerprint density at radius 2 is 2.06 bits per heavy atom. The van der Waals surface area contributed by atoms with E-state index >= 15 is 0 Å². The van der Waals surface area contributed by atoms with Crippen molar-refractivity contribution in [2.45, 2.75) is 25.4 Å². The molecule has 3 rings (SSSR count). The van der Waals surface area contributed by atoms with E-state index in [2.05, 4.69) is 17.0 Å². The zero-order valence-electron chi connectivity index (χ0n) is 9.98. The summed E-state index contributed by atoms with van der Waals surface area (Å²) in [6.07, 6.45) is 2.53. The van der Waals surface area contributed by atoms with Gasteiger partial charge in [0.15, 0.2) is 0 Å². The lowest BCUT2D eigenvalue weighted by Crippen LogP contribution is -2.30. The number of hydrogen-bond donors (Lipinski definition) is 1. The monoisotopic (exact) mass is 250 g/mol. The highest BCUT2D eigenvalue weighted by atomic mass is 35.5. The van der Waals surface area contributed by atoms with Crippen LogP contribution in [-0.2, 0) is 6.54 Å². The summed E-state index contributed by atoms with van der Waals surface area (Å²) in [6.45, 7) is 3.32. The van der Waals surface area contributed by atoms with Gasteiger partial charge in [0.25, 0.3) is 0 Å². The molecule has 0 aromatic heterocycles. The molecule has 1 aromatic carbocycles. The van der Waals surface area contributed by atoms with Gasteiger partial charge in [0.2, 0.25) is 0 Å². The summed E-state index contributed by atoms with van der Waals surface area (Å²) in [6, 6.07) is 8.57. The van der Waals surface area contributed by atoms with Crippen LogP contribution in [0.5, 0.6) is 0 Å². The van der Waals surface area contributed by atoms with Crippen LogP contribution in [0.25, 0.3) is 0 Å². The number of hydrogen-bond acceptors (Lipinski definition) is 2. The van der Waals surface area contributed by atoms with Crippen LogP contribution in [0.3, 0.4) is 0 Å². The predicted molar refractivity (Wildman–Crippen MR) is 70.9 cm³/mol. The van der Waals surface area contributed by atoms with Crippen molar-refractivity contribution in [1.29, 1.82) is 0 Å². The topological polar surface area (TPSA) is 29.3 Å². The van der Waals surface area contributed by atoms with Gasteiger partial charge in [0.05, 0.1) is 0 Å². The summed E-state index contributed by atoms with van der Waals surface area (Å²) in [4.78, 5) is 2.51. The first-order valence-corrected chi connectivity index (χ1v) is 6.83. The van der Waals surface area contributed by atoms with Crippen molar-refractivity contribution in [2.75, 3.05) is 13.1 Å². The average molecular weight is 251 g/mol. The van der Waals surface area contributed by atoms with E-state index in [1.54, 1.807) is 0 Å². The van der Waals surface area contributed by atoms with Gasteiger partial charge in [0.1, 0.15) is 0 Å². The Hall–Kier alpha value is -0.570. The second-order valence-corrected chi connectivity index (χ2v) is 5.86. The van der Waals surface area contributed by atoms with E-state index in [1.807, 2.05) is 12.1 Å². The van der Waals surface area contributed by atoms with Gasteiger partial charge in [-0.05, 0) is 36.3 Å². The van der Waals surface area contributed by atoms with Crippen LogP contribution in [-0.4, -0.2) is 24.0 Å². The molecule has 0 bridgehead atoms. The lowest BCUT2D eigenvalue weighted by Gasteiger charge is -2.18. The second kappa shape index (κ2) is 4.60. The van der Waals surface area contributed by atoms with Crippen LogP contribution in [0.2, 0.25) is 5.02 Å². The summed E-state index contributed by atoms with van der Waals surface area (Å²) in [5.41, 5.74) is 7.39. The SMILES string of the molecule is NC1CCC2CN(Cc3ccccc3Cl)CC12. The maximum Gasteiger partial charge on any atom is 0.0451 e. The summed E-state index contributed by atoms with van der Waals surface area (Å²) in [5, 5.41) is 0.883. The molecule has 3 heteroatoms. The molecule has 3 unspecified atom stereocenters. The van der Waals surface area contributed by atoms with Crippen LogP contribution in [0, 0.1) is 11.8 Å². The zero-order chi connectivity index (χ0) is 11.8. The molecule has 2 aliphatic rings. The lowest BCUT2D eigenvalue weighted by atomic mass is 9.98. The Morgan fingerprint density at radius 1 is 1.24 bits per heavy atom. The van der Waals surface area contributed by atoms with E-state index in [9.17, 15) is 0 Å². The van der Waals surface area contributed by atoms with Crippen LogP contribution < -0.4 is 5.73 Å². The molecule has 17 heavy (non-hydrogen) atoms. The Bertz CT molecular complexity index is 407. The quantitative estimate of drug-likeness (QED) is 0.874. The number of halogens is 1. The molecular weight excluding hydrogens is 232 g/mol. The third-order valence-corrected chi connectivity index (χ3v) is 4.71. The zero-order valence-corrected chi connectivity index (χ0v) is 10.7. The van der Waals surface area contributed by atoms with E-state index < -0.39 is 0 Å². The number of nitrogens with zero attached hydrogens (tertiary/aromatic N) is 1. The molecule has 2 nitrogen and oxygen atoms in total. The molecule has 1 aliphatic carbocycles. The molecule has 2 fully saturated rings. The summed E-state index contributed by atoms with van der Waals surface area (Å²) in [5.74, 6) is 1.55. The van der Waals surface area contributed by atoms with Crippen LogP contribution >= 0.6 is 11.6 Å². The molecule has 1 saturated carbocycles. The maximum atomic E-state index is 6.20. The number of likely N-dealkylation sites (tertiary alicyclic amines) is 1.